The van der Waals surface area contributed by atoms with Gasteiger partial charge in [-0.25, -0.2) is 13.6 Å². The number of carbonyl (C=O) groups excluding carboxylic acids is 1. The molecular formula is C27H19ClF2N4O4. The summed E-state index contributed by atoms with van der Waals surface area (Å²) < 4.78 is 39.6. The van der Waals surface area contributed by atoms with Gasteiger partial charge in [0.25, 0.3) is 11.8 Å². The lowest BCUT2D eigenvalue weighted by Crippen LogP contribution is -2.38. The van der Waals surface area contributed by atoms with Gasteiger partial charge in [-0.1, -0.05) is 29.8 Å². The fourth-order valence-corrected chi connectivity index (χ4v) is 4.85. The van der Waals surface area contributed by atoms with E-state index in [1.54, 1.807) is 66.7 Å². The second kappa shape index (κ2) is 8.84. The number of nitrogens with zero attached hydrogens (tertiary/aromatic N) is 2. The van der Waals surface area contributed by atoms with Gasteiger partial charge in [0.2, 0.25) is 0 Å². The van der Waals surface area contributed by atoms with Gasteiger partial charge in [-0.15, -0.1) is 0 Å². The molecule has 1 atom stereocenters. The van der Waals surface area contributed by atoms with Crippen LogP contribution in [0.3, 0.4) is 0 Å². The molecule has 1 aliphatic rings. The van der Waals surface area contributed by atoms with Crippen LogP contribution in [0.4, 0.5) is 8.78 Å². The first-order valence-electron chi connectivity index (χ1n) is 11.6. The summed E-state index contributed by atoms with van der Waals surface area (Å²) in [6, 6.07) is 17.9. The zero-order chi connectivity index (χ0) is 26.6. The number of nitrogens with one attached hydrogen (secondary N) is 2. The van der Waals surface area contributed by atoms with Crippen LogP contribution in [0.25, 0.3) is 22.4 Å². The summed E-state index contributed by atoms with van der Waals surface area (Å²) >= 11 is 5.93. The first kappa shape index (κ1) is 23.9. The van der Waals surface area contributed by atoms with Gasteiger partial charge in [0.05, 0.1) is 18.1 Å². The topological polar surface area (TPSA) is 104 Å². The smallest absolute Gasteiger partial charge is 0.417 e. The normalized spacial score (nSPS) is 15.3. The molecule has 3 heterocycles. The minimum absolute atomic E-state index is 0.102. The van der Waals surface area contributed by atoms with Crippen molar-refractivity contribution in [3.05, 3.63) is 99.1 Å². The number of ether oxygens (including phenoxy) is 1. The third-order valence-corrected chi connectivity index (χ3v) is 6.51. The number of hydrogen-bond donors (Lipinski definition) is 2. The lowest BCUT2D eigenvalue weighted by Gasteiger charge is -2.28. The Morgan fingerprint density at radius 2 is 1.74 bits per heavy atom. The summed E-state index contributed by atoms with van der Waals surface area (Å²) in [5.74, 6) is -3.30. The van der Waals surface area contributed by atoms with E-state index < -0.39 is 30.2 Å². The number of benzene rings is 3. The number of alkyl halides is 2. The van der Waals surface area contributed by atoms with Crippen molar-refractivity contribution in [2.75, 3.05) is 6.54 Å². The predicted octanol–water partition coefficient (Wildman–Crippen LogP) is 6.16. The van der Waals surface area contributed by atoms with Gasteiger partial charge < -0.3 is 14.1 Å². The summed E-state index contributed by atoms with van der Waals surface area (Å²) in [5.41, 5.74) is 2.58. The van der Waals surface area contributed by atoms with Crippen molar-refractivity contribution < 1.29 is 22.7 Å². The number of rotatable bonds is 6. The van der Waals surface area contributed by atoms with Gasteiger partial charge in [-0.05, 0) is 54.1 Å². The van der Waals surface area contributed by atoms with Crippen molar-refractivity contribution in [1.29, 1.82) is 0 Å². The summed E-state index contributed by atoms with van der Waals surface area (Å²) in [6.07, 6.45) is 0. The predicted molar refractivity (Wildman–Crippen MR) is 136 cm³/mol. The minimum atomic E-state index is -3.14. The van der Waals surface area contributed by atoms with E-state index in [0.717, 1.165) is 11.8 Å². The second-order valence-corrected chi connectivity index (χ2v) is 9.52. The lowest BCUT2D eigenvalue weighted by molar-refractivity contribution is -0.0148. The largest absolute Gasteiger partial charge is 0.457 e. The molecule has 38 heavy (non-hydrogen) atoms. The average molecular weight is 537 g/mol. The molecule has 0 bridgehead atoms. The number of amides is 1. The number of aromatic amines is 2. The Morgan fingerprint density at radius 1 is 1.05 bits per heavy atom. The van der Waals surface area contributed by atoms with Crippen molar-refractivity contribution in [3.8, 4) is 22.8 Å². The number of halogens is 3. The minimum Gasteiger partial charge on any atom is -0.457 e. The first-order chi connectivity index (χ1) is 18.2. The van der Waals surface area contributed by atoms with Crippen LogP contribution in [0.5, 0.6) is 11.5 Å². The zero-order valence-electron chi connectivity index (χ0n) is 19.8. The van der Waals surface area contributed by atoms with Crippen LogP contribution in [0.15, 0.2) is 75.9 Å². The van der Waals surface area contributed by atoms with Crippen LogP contribution in [-0.2, 0) is 0 Å². The highest BCUT2D eigenvalue weighted by Crippen LogP contribution is 2.45. The van der Waals surface area contributed by atoms with Gasteiger partial charge >= 0.3 is 5.76 Å². The molecule has 1 amide bonds. The summed E-state index contributed by atoms with van der Waals surface area (Å²) in [6.45, 7) is -0.0353. The molecule has 0 saturated heterocycles. The second-order valence-electron chi connectivity index (χ2n) is 9.09. The van der Waals surface area contributed by atoms with Crippen LogP contribution < -0.4 is 10.5 Å². The maximum Gasteiger partial charge on any atom is 0.417 e. The van der Waals surface area contributed by atoms with E-state index in [1.807, 2.05) is 0 Å². The molecule has 11 heteroatoms. The van der Waals surface area contributed by atoms with Crippen LogP contribution in [0, 0.1) is 0 Å². The van der Waals surface area contributed by atoms with Crippen LogP contribution in [0.2, 0.25) is 5.02 Å². The Morgan fingerprint density at radius 3 is 2.42 bits per heavy atom. The van der Waals surface area contributed by atoms with E-state index in [-0.39, 0.29) is 11.3 Å². The number of fused-ring (bicyclic) bond motifs is 2. The molecule has 0 radical (unpaired) electrons. The first-order valence-corrected chi connectivity index (χ1v) is 12.0. The van der Waals surface area contributed by atoms with Gasteiger partial charge in [0.15, 0.2) is 5.58 Å². The van der Waals surface area contributed by atoms with Gasteiger partial charge in [-0.2, -0.15) is 5.10 Å². The highest BCUT2D eigenvalue weighted by molar-refractivity contribution is 6.30. The SMILES string of the molecule is CC(F)(F)CN1C(=O)c2[nH]nc(-c3cccc4[nH]c(=O)oc34)c2C1c1ccc(Oc2ccc(Cl)cc2)cc1. The Labute approximate surface area is 218 Å². The molecule has 0 spiro atoms. The van der Waals surface area contributed by atoms with Gasteiger partial charge in [0, 0.05) is 23.1 Å². The van der Waals surface area contributed by atoms with E-state index in [4.69, 9.17) is 20.8 Å². The van der Waals surface area contributed by atoms with Crippen LogP contribution >= 0.6 is 11.6 Å². The molecule has 1 unspecified atom stereocenters. The van der Waals surface area contributed by atoms with Crippen molar-refractivity contribution in [2.24, 2.45) is 0 Å². The number of aromatic nitrogens is 3. The van der Waals surface area contributed by atoms with Crippen molar-refractivity contribution in [3.63, 3.8) is 0 Å². The van der Waals surface area contributed by atoms with Crippen molar-refractivity contribution in [2.45, 2.75) is 18.9 Å². The fourth-order valence-electron chi connectivity index (χ4n) is 4.73. The summed E-state index contributed by atoms with van der Waals surface area (Å²) in [7, 11) is 0. The summed E-state index contributed by atoms with van der Waals surface area (Å²) in [5, 5.41) is 7.63. The molecule has 8 nitrogen and oxygen atoms in total. The number of hydrogen-bond acceptors (Lipinski definition) is 5. The molecule has 1 aliphatic heterocycles. The maximum atomic E-state index is 14.2. The molecule has 192 valence electrons. The van der Waals surface area contributed by atoms with E-state index >= 15 is 0 Å². The quantitative estimate of drug-likeness (QED) is 0.270. The third kappa shape index (κ3) is 4.22. The lowest BCUT2D eigenvalue weighted by atomic mass is 9.95. The third-order valence-electron chi connectivity index (χ3n) is 6.26. The standard InChI is InChI=1S/C27H19ClF2N4O4/c1-27(29,30)13-34-23(14-5-9-16(10-6-14)37-17-11-7-15(28)8-12-17)20-21(32-33-22(20)25(34)35)18-3-2-4-19-24(18)38-26(36)31-19/h2-12,23H,13H2,1H3,(H,31,36)(H,32,33). The Balaban J connectivity index is 1.44. The molecule has 5 aromatic rings. The molecular weight excluding hydrogens is 518 g/mol. The Bertz CT molecular complexity index is 1720. The fraction of sp³-hybridized carbons (Fsp3) is 0.148. The van der Waals surface area contributed by atoms with Crippen LogP contribution in [-0.4, -0.2) is 38.5 Å². The van der Waals surface area contributed by atoms with Crippen LogP contribution in [0.1, 0.15) is 34.6 Å². The van der Waals surface area contributed by atoms with E-state index in [0.29, 0.717) is 44.4 Å². The van der Waals surface area contributed by atoms with Gasteiger partial charge in [0.1, 0.15) is 22.9 Å². The van der Waals surface area contributed by atoms with Crippen molar-refractivity contribution in [1.82, 2.24) is 20.1 Å². The zero-order valence-corrected chi connectivity index (χ0v) is 20.6. The van der Waals surface area contributed by atoms with E-state index in [2.05, 4.69) is 15.2 Å². The van der Waals surface area contributed by atoms with Gasteiger partial charge in [-0.3, -0.25) is 14.9 Å². The molecule has 2 aromatic heterocycles. The molecule has 6 rings (SSSR count). The number of H-pyrrole nitrogens is 2. The number of carbonyl (C=O) groups is 1. The molecule has 3 aromatic carbocycles. The average Bonchev–Trinajstić information content (AvgIpc) is 3.54. The van der Waals surface area contributed by atoms with E-state index in [1.165, 1.54) is 0 Å². The van der Waals surface area contributed by atoms with Crippen molar-refractivity contribution >= 4 is 28.6 Å². The molecule has 0 fully saturated rings. The maximum absolute atomic E-state index is 14.2. The Hall–Kier alpha value is -4.44. The highest BCUT2D eigenvalue weighted by atomic mass is 35.5. The molecule has 2 N–H and O–H groups in total. The summed E-state index contributed by atoms with van der Waals surface area (Å²) in [4.78, 5) is 28.9. The highest BCUT2D eigenvalue weighted by Gasteiger charge is 2.45. The number of oxazole rings is 1. The molecule has 0 aliphatic carbocycles. The van der Waals surface area contributed by atoms with E-state index in [9.17, 15) is 18.4 Å². The monoisotopic (exact) mass is 536 g/mol. The molecule has 0 saturated carbocycles. The number of para-hydroxylation sites is 1. The Kier molecular flexibility index (Phi) is 5.57.